The van der Waals surface area contributed by atoms with Gasteiger partial charge in [-0.3, -0.25) is 19.6 Å². The van der Waals surface area contributed by atoms with Gasteiger partial charge in [0.1, 0.15) is 17.9 Å². The highest BCUT2D eigenvalue weighted by Crippen LogP contribution is 2.21. The summed E-state index contributed by atoms with van der Waals surface area (Å²) in [6.45, 7) is 5.03. The second kappa shape index (κ2) is 4.20. The van der Waals surface area contributed by atoms with E-state index in [-0.39, 0.29) is 18.0 Å². The van der Waals surface area contributed by atoms with Gasteiger partial charge < -0.3 is 0 Å². The molecule has 1 aromatic rings. The van der Waals surface area contributed by atoms with Gasteiger partial charge in [0.05, 0.1) is 4.92 Å². The van der Waals surface area contributed by atoms with Crippen molar-refractivity contribution >= 4 is 11.5 Å². The Bertz CT molecular complexity index is 409. The minimum absolute atomic E-state index is 0.00102. The van der Waals surface area contributed by atoms with Crippen molar-refractivity contribution in [2.45, 2.75) is 33.7 Å². The van der Waals surface area contributed by atoms with E-state index in [9.17, 15) is 14.9 Å². The molecule has 0 atom stereocenters. The van der Waals surface area contributed by atoms with Gasteiger partial charge in [-0.1, -0.05) is 6.92 Å². The number of Topliss-reactive ketones (excluding diaryl/α,β-unsaturated/α-hetero) is 1. The Morgan fingerprint density at radius 1 is 1.53 bits per heavy atom. The molecule has 1 rings (SSSR count). The third-order valence-corrected chi connectivity index (χ3v) is 2.25. The fraction of sp³-hybridized carbons (Fsp3) is 0.556. The molecule has 0 aliphatic heterocycles. The highest BCUT2D eigenvalue weighted by Gasteiger charge is 2.22. The molecule has 0 saturated heterocycles. The molecule has 6 nitrogen and oxygen atoms in total. The van der Waals surface area contributed by atoms with Crippen LogP contribution in [0.25, 0.3) is 0 Å². The van der Waals surface area contributed by atoms with Crippen molar-refractivity contribution in [3.05, 3.63) is 21.5 Å². The van der Waals surface area contributed by atoms with Crippen molar-refractivity contribution in [2.75, 3.05) is 0 Å². The zero-order valence-corrected chi connectivity index (χ0v) is 8.98. The van der Waals surface area contributed by atoms with Crippen LogP contribution in [0.15, 0.2) is 0 Å². The summed E-state index contributed by atoms with van der Waals surface area (Å²) in [7, 11) is 0. The van der Waals surface area contributed by atoms with E-state index in [2.05, 4.69) is 5.10 Å². The largest absolute Gasteiger partial charge is 0.312 e. The van der Waals surface area contributed by atoms with Crippen LogP contribution in [0.4, 0.5) is 5.69 Å². The maximum atomic E-state index is 11.2. The maximum absolute atomic E-state index is 11.2. The first-order valence-corrected chi connectivity index (χ1v) is 4.67. The first-order valence-electron chi connectivity index (χ1n) is 4.67. The Morgan fingerprint density at radius 2 is 2.13 bits per heavy atom. The van der Waals surface area contributed by atoms with Crippen LogP contribution in [-0.2, 0) is 11.3 Å². The minimum atomic E-state index is -0.468. The molecule has 0 aromatic carbocycles. The molecule has 0 N–H and O–H groups in total. The van der Waals surface area contributed by atoms with E-state index in [0.717, 1.165) is 0 Å². The lowest BCUT2D eigenvalue weighted by molar-refractivity contribution is -0.386. The molecule has 0 bridgehead atoms. The van der Waals surface area contributed by atoms with Gasteiger partial charge in [0, 0.05) is 6.42 Å². The molecule has 0 saturated carbocycles. The average Bonchev–Trinajstić information content (AvgIpc) is 2.41. The Hall–Kier alpha value is -1.72. The van der Waals surface area contributed by atoms with Crippen LogP contribution in [0, 0.1) is 24.0 Å². The predicted molar refractivity (Wildman–Crippen MR) is 53.7 cm³/mol. The van der Waals surface area contributed by atoms with E-state index in [1.165, 1.54) is 4.68 Å². The first-order chi connectivity index (χ1) is 6.97. The monoisotopic (exact) mass is 211 g/mol. The summed E-state index contributed by atoms with van der Waals surface area (Å²) in [5, 5.41) is 14.7. The second-order valence-corrected chi connectivity index (χ2v) is 3.33. The summed E-state index contributed by atoms with van der Waals surface area (Å²) in [6.07, 6.45) is 0.409. The van der Waals surface area contributed by atoms with E-state index in [1.54, 1.807) is 20.8 Å². The molecule has 1 aromatic heterocycles. The van der Waals surface area contributed by atoms with Crippen molar-refractivity contribution in [1.29, 1.82) is 0 Å². The van der Waals surface area contributed by atoms with Crippen molar-refractivity contribution in [3.8, 4) is 0 Å². The number of carbonyl (C=O) groups is 1. The molecular weight excluding hydrogens is 198 g/mol. The molecule has 0 aliphatic carbocycles. The van der Waals surface area contributed by atoms with Crippen LogP contribution in [-0.4, -0.2) is 20.5 Å². The molecule has 1 heterocycles. The van der Waals surface area contributed by atoms with Crippen molar-refractivity contribution < 1.29 is 9.72 Å². The number of aryl methyl sites for hydroxylation is 1. The fourth-order valence-electron chi connectivity index (χ4n) is 1.38. The summed E-state index contributed by atoms with van der Waals surface area (Å²) in [5.41, 5.74) is 0.777. The standard InChI is InChI=1S/C9H13N3O3/c1-4-8(13)5-11-7(3)9(12(14)15)6(2)10-11/h4-5H2,1-3H3. The van der Waals surface area contributed by atoms with E-state index >= 15 is 0 Å². The molecule has 0 amide bonds. The summed E-state index contributed by atoms with van der Waals surface area (Å²) in [4.78, 5) is 21.4. The summed E-state index contributed by atoms with van der Waals surface area (Å²) >= 11 is 0. The van der Waals surface area contributed by atoms with Gasteiger partial charge in [-0.2, -0.15) is 5.10 Å². The molecule has 82 valence electrons. The zero-order valence-electron chi connectivity index (χ0n) is 8.98. The van der Waals surface area contributed by atoms with Crippen LogP contribution in [0.2, 0.25) is 0 Å². The Balaban J connectivity index is 3.07. The SMILES string of the molecule is CCC(=O)Cn1nc(C)c([N+](=O)[O-])c1C. The van der Waals surface area contributed by atoms with Gasteiger partial charge in [-0.15, -0.1) is 0 Å². The smallest absolute Gasteiger partial charge is 0.298 e. The van der Waals surface area contributed by atoms with Gasteiger partial charge in [-0.05, 0) is 13.8 Å². The minimum Gasteiger partial charge on any atom is -0.298 e. The third-order valence-electron chi connectivity index (χ3n) is 2.25. The third kappa shape index (κ3) is 2.20. The number of aromatic nitrogens is 2. The van der Waals surface area contributed by atoms with Gasteiger partial charge in [-0.25, -0.2) is 0 Å². The molecule has 15 heavy (non-hydrogen) atoms. The van der Waals surface area contributed by atoms with Crippen LogP contribution < -0.4 is 0 Å². The normalized spacial score (nSPS) is 10.3. The summed E-state index contributed by atoms with van der Waals surface area (Å²) in [6, 6.07) is 0. The highest BCUT2D eigenvalue weighted by atomic mass is 16.6. The summed E-state index contributed by atoms with van der Waals surface area (Å²) in [5.74, 6) is 0.00972. The number of nitrogens with zero attached hydrogens (tertiary/aromatic N) is 3. The molecule has 0 unspecified atom stereocenters. The maximum Gasteiger partial charge on any atom is 0.312 e. The molecular formula is C9H13N3O3. The first kappa shape index (κ1) is 11.4. The van der Waals surface area contributed by atoms with Crippen LogP contribution in [0.5, 0.6) is 0 Å². The molecule has 0 fully saturated rings. The van der Waals surface area contributed by atoms with Gasteiger partial charge in [0.15, 0.2) is 5.78 Å². The fourth-order valence-corrected chi connectivity index (χ4v) is 1.38. The Morgan fingerprint density at radius 3 is 2.53 bits per heavy atom. The molecule has 0 spiro atoms. The number of ketones is 1. The number of hydrogen-bond acceptors (Lipinski definition) is 4. The number of rotatable bonds is 4. The Kier molecular flexibility index (Phi) is 3.18. The van der Waals surface area contributed by atoms with Gasteiger partial charge in [0.2, 0.25) is 0 Å². The van der Waals surface area contributed by atoms with E-state index < -0.39 is 4.92 Å². The van der Waals surface area contributed by atoms with Crippen LogP contribution in [0.3, 0.4) is 0 Å². The van der Waals surface area contributed by atoms with Crippen molar-refractivity contribution in [1.82, 2.24) is 9.78 Å². The topological polar surface area (TPSA) is 78.0 Å². The molecule has 0 aliphatic rings. The van der Waals surface area contributed by atoms with E-state index in [4.69, 9.17) is 0 Å². The second-order valence-electron chi connectivity index (χ2n) is 3.33. The van der Waals surface area contributed by atoms with E-state index in [1.807, 2.05) is 0 Å². The molecule has 6 heteroatoms. The molecule has 0 radical (unpaired) electrons. The summed E-state index contributed by atoms with van der Waals surface area (Å²) < 4.78 is 1.39. The van der Waals surface area contributed by atoms with E-state index in [0.29, 0.717) is 17.8 Å². The van der Waals surface area contributed by atoms with Gasteiger partial charge >= 0.3 is 5.69 Å². The van der Waals surface area contributed by atoms with Crippen molar-refractivity contribution in [3.63, 3.8) is 0 Å². The lowest BCUT2D eigenvalue weighted by atomic mass is 10.3. The predicted octanol–water partition coefficient (Wildman–Crippen LogP) is 1.39. The number of nitro groups is 1. The Labute approximate surface area is 87.0 Å². The zero-order chi connectivity index (χ0) is 11.6. The number of carbonyl (C=O) groups excluding carboxylic acids is 1. The van der Waals surface area contributed by atoms with Crippen LogP contribution in [0.1, 0.15) is 24.7 Å². The quantitative estimate of drug-likeness (QED) is 0.556. The number of hydrogen-bond donors (Lipinski definition) is 0. The average molecular weight is 211 g/mol. The lowest BCUT2D eigenvalue weighted by Crippen LogP contribution is -2.11. The van der Waals surface area contributed by atoms with Crippen molar-refractivity contribution in [2.24, 2.45) is 0 Å². The highest BCUT2D eigenvalue weighted by molar-refractivity contribution is 5.77. The lowest BCUT2D eigenvalue weighted by Gasteiger charge is -2.00. The van der Waals surface area contributed by atoms with Gasteiger partial charge in [0.25, 0.3) is 0 Å². The van der Waals surface area contributed by atoms with Crippen LogP contribution >= 0.6 is 0 Å².